The summed E-state index contributed by atoms with van der Waals surface area (Å²) >= 11 is 6.91. The number of amides is 1. The Labute approximate surface area is 229 Å². The molecule has 0 spiro atoms. The van der Waals surface area contributed by atoms with Gasteiger partial charge in [-0.25, -0.2) is 10.2 Å². The van der Waals surface area contributed by atoms with E-state index in [1.54, 1.807) is 48.5 Å². The fraction of sp³-hybridized carbons (Fsp3) is 0. The third-order valence-electron chi connectivity index (χ3n) is 5.64. The Kier molecular flexibility index (Phi) is 7.30. The fourth-order valence-electron chi connectivity index (χ4n) is 3.90. The zero-order chi connectivity index (χ0) is 25.8. The average molecular weight is 617 g/mol. The number of benzene rings is 4. The summed E-state index contributed by atoms with van der Waals surface area (Å²) in [6, 6.07) is 29.4. The van der Waals surface area contributed by atoms with E-state index in [-0.39, 0.29) is 0 Å². The van der Waals surface area contributed by atoms with Gasteiger partial charge in [-0.1, -0.05) is 70.5 Å². The molecule has 0 atom stereocenters. The number of nitrogens with one attached hydrogen (secondary N) is 2. The molecular formula is C29H19Br2N3O3. The van der Waals surface area contributed by atoms with Gasteiger partial charge in [-0.15, -0.1) is 0 Å². The number of hydrogen-bond donors (Lipinski definition) is 2. The number of carbonyl (C=O) groups is 2. The minimum absolute atomic E-state index is 0.327. The first-order chi connectivity index (χ1) is 18.0. The van der Waals surface area contributed by atoms with Crippen LogP contribution in [0.1, 0.15) is 26.4 Å². The second-order valence-corrected chi connectivity index (χ2v) is 9.81. The van der Waals surface area contributed by atoms with E-state index in [1.165, 1.54) is 6.21 Å². The van der Waals surface area contributed by atoms with Crippen molar-refractivity contribution in [3.63, 3.8) is 0 Å². The Balaban J connectivity index is 1.39. The fourth-order valence-corrected chi connectivity index (χ4v) is 4.63. The number of esters is 1. The number of para-hydroxylation sites is 2. The maximum atomic E-state index is 13.2. The van der Waals surface area contributed by atoms with Crippen molar-refractivity contribution in [2.75, 3.05) is 0 Å². The van der Waals surface area contributed by atoms with E-state index >= 15 is 0 Å². The molecule has 0 unspecified atom stereocenters. The molecule has 1 amide bonds. The first-order valence-corrected chi connectivity index (χ1v) is 12.9. The molecule has 6 nitrogen and oxygen atoms in total. The molecule has 5 aromatic rings. The highest BCUT2D eigenvalue weighted by Gasteiger charge is 2.20. The Morgan fingerprint density at radius 3 is 2.35 bits per heavy atom. The molecule has 4 aromatic carbocycles. The van der Waals surface area contributed by atoms with Crippen molar-refractivity contribution in [3.05, 3.63) is 123 Å². The number of hydrogen-bond acceptors (Lipinski definition) is 4. The lowest BCUT2D eigenvalue weighted by molar-refractivity contribution is 0.0734. The number of aromatic amines is 1. The van der Waals surface area contributed by atoms with Crippen molar-refractivity contribution in [2.24, 2.45) is 5.10 Å². The van der Waals surface area contributed by atoms with Crippen LogP contribution in [-0.4, -0.2) is 23.1 Å². The molecule has 0 aliphatic carbocycles. The zero-order valence-corrected chi connectivity index (χ0v) is 22.4. The number of halogens is 2. The highest BCUT2D eigenvalue weighted by molar-refractivity contribution is 9.11. The molecular weight excluding hydrogens is 598 g/mol. The van der Waals surface area contributed by atoms with Crippen LogP contribution in [0.2, 0.25) is 0 Å². The lowest BCUT2D eigenvalue weighted by atomic mass is 10.0. The molecule has 0 saturated heterocycles. The summed E-state index contributed by atoms with van der Waals surface area (Å²) in [6.45, 7) is 0. The van der Waals surface area contributed by atoms with Gasteiger partial charge >= 0.3 is 5.97 Å². The first kappa shape index (κ1) is 24.7. The lowest BCUT2D eigenvalue weighted by Gasteiger charge is -2.07. The van der Waals surface area contributed by atoms with Gasteiger partial charge in [0.15, 0.2) is 0 Å². The van der Waals surface area contributed by atoms with Crippen molar-refractivity contribution in [1.82, 2.24) is 10.4 Å². The molecule has 0 radical (unpaired) electrons. The molecule has 0 aliphatic rings. The molecule has 1 aromatic heterocycles. The largest absolute Gasteiger partial charge is 0.422 e. The number of aromatic nitrogens is 1. The number of carbonyl (C=O) groups excluding carboxylic acids is 2. The van der Waals surface area contributed by atoms with Gasteiger partial charge in [-0.2, -0.15) is 5.10 Å². The van der Waals surface area contributed by atoms with Crippen LogP contribution in [0.5, 0.6) is 5.75 Å². The summed E-state index contributed by atoms with van der Waals surface area (Å²) in [5, 5.41) is 5.06. The van der Waals surface area contributed by atoms with Gasteiger partial charge in [-0.05, 0) is 64.0 Å². The Bertz CT molecular complexity index is 1630. The van der Waals surface area contributed by atoms with E-state index < -0.39 is 11.9 Å². The summed E-state index contributed by atoms with van der Waals surface area (Å²) in [6.07, 6.45) is 1.45. The minimum Gasteiger partial charge on any atom is -0.422 e. The van der Waals surface area contributed by atoms with E-state index in [1.807, 2.05) is 48.5 Å². The molecule has 0 fully saturated rings. The molecule has 0 aliphatic heterocycles. The predicted octanol–water partition coefficient (Wildman–Crippen LogP) is 7.34. The van der Waals surface area contributed by atoms with Crippen molar-refractivity contribution in [1.29, 1.82) is 0 Å². The summed E-state index contributed by atoms with van der Waals surface area (Å²) in [5.41, 5.74) is 6.45. The molecule has 182 valence electrons. The molecule has 37 heavy (non-hydrogen) atoms. The highest BCUT2D eigenvalue weighted by atomic mass is 79.9. The first-order valence-electron chi connectivity index (χ1n) is 11.3. The molecule has 2 N–H and O–H groups in total. The molecule has 5 rings (SSSR count). The quantitative estimate of drug-likeness (QED) is 0.0906. The second kappa shape index (κ2) is 10.9. The molecule has 1 heterocycles. The number of nitrogens with zero attached hydrogens (tertiary/aromatic N) is 1. The van der Waals surface area contributed by atoms with Gasteiger partial charge in [0.2, 0.25) is 0 Å². The number of hydrazone groups is 1. The number of fused-ring (bicyclic) bond motifs is 1. The van der Waals surface area contributed by atoms with E-state index in [9.17, 15) is 9.59 Å². The molecule has 8 heteroatoms. The molecule has 0 bridgehead atoms. The second-order valence-electron chi connectivity index (χ2n) is 8.04. The maximum Gasteiger partial charge on any atom is 0.343 e. The number of ether oxygens (including phenoxy) is 1. The maximum absolute atomic E-state index is 13.2. The van der Waals surface area contributed by atoms with Crippen LogP contribution >= 0.6 is 31.9 Å². The minimum atomic E-state index is -0.492. The van der Waals surface area contributed by atoms with Crippen LogP contribution in [0.15, 0.2) is 111 Å². The summed E-state index contributed by atoms with van der Waals surface area (Å²) in [7, 11) is 0. The van der Waals surface area contributed by atoms with Crippen LogP contribution in [0, 0.1) is 0 Å². The van der Waals surface area contributed by atoms with Gasteiger partial charge in [0.25, 0.3) is 5.91 Å². The van der Waals surface area contributed by atoms with Gasteiger partial charge in [0, 0.05) is 25.5 Å². The van der Waals surface area contributed by atoms with Crippen LogP contribution < -0.4 is 10.2 Å². The van der Waals surface area contributed by atoms with Crippen LogP contribution in [0.25, 0.3) is 22.0 Å². The summed E-state index contributed by atoms with van der Waals surface area (Å²) < 4.78 is 7.29. The Morgan fingerprint density at radius 2 is 1.57 bits per heavy atom. The van der Waals surface area contributed by atoms with Crippen LogP contribution in [0.3, 0.4) is 0 Å². The Morgan fingerprint density at radius 1 is 0.838 bits per heavy atom. The predicted molar refractivity (Wildman–Crippen MR) is 152 cm³/mol. The van der Waals surface area contributed by atoms with E-state index in [4.69, 9.17) is 4.74 Å². The van der Waals surface area contributed by atoms with E-state index in [0.29, 0.717) is 22.6 Å². The third kappa shape index (κ3) is 5.40. The number of H-pyrrole nitrogens is 1. The lowest BCUT2D eigenvalue weighted by Crippen LogP contribution is -2.19. The number of rotatable bonds is 6. The van der Waals surface area contributed by atoms with E-state index in [2.05, 4.69) is 47.4 Å². The van der Waals surface area contributed by atoms with Gasteiger partial charge in [0.1, 0.15) is 11.4 Å². The van der Waals surface area contributed by atoms with Crippen molar-refractivity contribution in [3.8, 4) is 16.9 Å². The monoisotopic (exact) mass is 615 g/mol. The Hall–Kier alpha value is -4.01. The summed E-state index contributed by atoms with van der Waals surface area (Å²) in [4.78, 5) is 29.0. The molecule has 0 saturated carbocycles. The van der Waals surface area contributed by atoms with Gasteiger partial charge < -0.3 is 9.72 Å². The van der Waals surface area contributed by atoms with E-state index in [0.717, 1.165) is 31.0 Å². The standard InChI is InChI=1S/C29H19Br2N3O3/c30-21-15-13-19(14-16-21)29(36)37-24-12-5-4-9-20(24)17-32-34-28(35)27-25(18-7-2-1-3-8-18)22-10-6-11-23(31)26(22)33-27/h1-17,33H,(H,34,35). The SMILES string of the molecule is O=C(Oc1ccccc1C=NNC(=O)c1[nH]c2c(Br)cccc2c1-c1ccccc1)c1ccc(Br)cc1. The normalized spacial score (nSPS) is 11.1. The van der Waals surface area contributed by atoms with Crippen molar-refractivity contribution >= 4 is 60.9 Å². The third-order valence-corrected chi connectivity index (χ3v) is 6.83. The topological polar surface area (TPSA) is 83.5 Å². The smallest absolute Gasteiger partial charge is 0.343 e. The van der Waals surface area contributed by atoms with Crippen molar-refractivity contribution < 1.29 is 14.3 Å². The zero-order valence-electron chi connectivity index (χ0n) is 19.2. The van der Waals surface area contributed by atoms with Crippen molar-refractivity contribution in [2.45, 2.75) is 0 Å². The highest BCUT2D eigenvalue weighted by Crippen LogP contribution is 2.35. The van der Waals surface area contributed by atoms with Crippen LogP contribution in [0.4, 0.5) is 0 Å². The summed E-state index contributed by atoms with van der Waals surface area (Å²) in [5.74, 6) is -0.566. The average Bonchev–Trinajstić information content (AvgIpc) is 3.31. The van der Waals surface area contributed by atoms with Gasteiger partial charge in [0.05, 0.1) is 17.3 Å². The van der Waals surface area contributed by atoms with Crippen LogP contribution in [-0.2, 0) is 0 Å². The van der Waals surface area contributed by atoms with Gasteiger partial charge in [-0.3, -0.25) is 4.79 Å².